The maximum absolute atomic E-state index is 6.74. The second-order valence-corrected chi connectivity index (χ2v) is 8.45. The zero-order valence-corrected chi connectivity index (χ0v) is 17.4. The van der Waals surface area contributed by atoms with E-state index in [1.54, 1.807) is 14.2 Å². The van der Waals surface area contributed by atoms with Crippen LogP contribution < -0.4 is 14.2 Å². The van der Waals surface area contributed by atoms with Crippen molar-refractivity contribution in [3.63, 3.8) is 0 Å². The van der Waals surface area contributed by atoms with Gasteiger partial charge in [-0.25, -0.2) is 5.01 Å². The summed E-state index contributed by atoms with van der Waals surface area (Å²) in [5.41, 5.74) is 3.03. The second-order valence-electron chi connectivity index (χ2n) is 8.45. The molecule has 1 spiro atoms. The fourth-order valence-electron chi connectivity index (χ4n) is 4.93. The number of benzene rings is 2. The SMILES string of the molecule is COc1ccc(C2=NN3[C@H](C2)c2cccc(OC)c2OC32CCC(C)CC2)cc1. The Morgan fingerprint density at radius 2 is 1.79 bits per heavy atom. The van der Waals surface area contributed by atoms with E-state index in [0.717, 1.165) is 66.5 Å². The van der Waals surface area contributed by atoms with Gasteiger partial charge in [0.25, 0.3) is 0 Å². The standard InChI is InChI=1S/C24H28N2O3/c1-16-11-13-24(14-12-16)26-21(19-5-4-6-22(28-3)23(19)29-24)15-20(25-26)17-7-9-18(27-2)10-8-17/h4-10,16,21H,11-15H2,1-3H3/t16?,21-,24?/m1/s1. The number of methoxy groups -OCH3 is 2. The first-order valence-electron chi connectivity index (χ1n) is 10.5. The summed E-state index contributed by atoms with van der Waals surface area (Å²) >= 11 is 0. The van der Waals surface area contributed by atoms with Crippen LogP contribution in [0.3, 0.4) is 0 Å². The molecule has 5 heteroatoms. The average molecular weight is 392 g/mol. The van der Waals surface area contributed by atoms with Crippen molar-refractivity contribution in [1.29, 1.82) is 0 Å². The summed E-state index contributed by atoms with van der Waals surface area (Å²) in [7, 11) is 3.41. The summed E-state index contributed by atoms with van der Waals surface area (Å²) in [5, 5.41) is 7.40. The van der Waals surface area contributed by atoms with Gasteiger partial charge in [0.1, 0.15) is 5.75 Å². The van der Waals surface area contributed by atoms with E-state index in [2.05, 4.69) is 30.1 Å². The Morgan fingerprint density at radius 1 is 1.03 bits per heavy atom. The quantitative estimate of drug-likeness (QED) is 0.724. The first kappa shape index (κ1) is 18.3. The molecule has 1 fully saturated rings. The van der Waals surface area contributed by atoms with Gasteiger partial charge in [-0.3, -0.25) is 0 Å². The lowest BCUT2D eigenvalue weighted by Crippen LogP contribution is -2.55. The van der Waals surface area contributed by atoms with Gasteiger partial charge in [0.2, 0.25) is 0 Å². The molecule has 0 aromatic heterocycles. The lowest BCUT2D eigenvalue weighted by molar-refractivity contribution is -0.146. The molecule has 0 bridgehead atoms. The molecule has 29 heavy (non-hydrogen) atoms. The monoisotopic (exact) mass is 392 g/mol. The molecule has 2 aromatic rings. The molecule has 0 N–H and O–H groups in total. The predicted octanol–water partition coefficient (Wildman–Crippen LogP) is 5.15. The van der Waals surface area contributed by atoms with Crippen LogP contribution in [0.2, 0.25) is 0 Å². The molecule has 2 heterocycles. The molecule has 0 saturated heterocycles. The number of para-hydroxylation sites is 1. The van der Waals surface area contributed by atoms with E-state index < -0.39 is 0 Å². The highest BCUT2D eigenvalue weighted by Crippen LogP contribution is 2.54. The molecule has 2 aliphatic heterocycles. The zero-order valence-electron chi connectivity index (χ0n) is 17.4. The van der Waals surface area contributed by atoms with E-state index in [1.165, 1.54) is 5.56 Å². The van der Waals surface area contributed by atoms with Gasteiger partial charge in [-0.15, -0.1) is 0 Å². The smallest absolute Gasteiger partial charge is 0.198 e. The zero-order chi connectivity index (χ0) is 20.0. The summed E-state index contributed by atoms with van der Waals surface area (Å²) in [6.45, 7) is 2.33. The van der Waals surface area contributed by atoms with Gasteiger partial charge in [0.05, 0.1) is 26.0 Å². The van der Waals surface area contributed by atoms with Crippen molar-refractivity contribution < 1.29 is 14.2 Å². The van der Waals surface area contributed by atoms with Crippen LogP contribution in [0.1, 0.15) is 56.2 Å². The number of rotatable bonds is 3. The Balaban J connectivity index is 1.57. The van der Waals surface area contributed by atoms with Gasteiger partial charge in [-0.05, 0) is 54.7 Å². The highest BCUT2D eigenvalue weighted by Gasteiger charge is 2.52. The van der Waals surface area contributed by atoms with Crippen LogP contribution >= 0.6 is 0 Å². The number of fused-ring (bicyclic) bond motifs is 4. The van der Waals surface area contributed by atoms with Crippen LogP contribution in [0.15, 0.2) is 47.6 Å². The number of hydrogen-bond acceptors (Lipinski definition) is 5. The normalized spacial score (nSPS) is 27.7. The van der Waals surface area contributed by atoms with Crippen molar-refractivity contribution in [1.82, 2.24) is 5.01 Å². The average Bonchev–Trinajstić information content (AvgIpc) is 3.22. The molecule has 0 amide bonds. The van der Waals surface area contributed by atoms with E-state index in [0.29, 0.717) is 0 Å². The van der Waals surface area contributed by atoms with Gasteiger partial charge >= 0.3 is 0 Å². The fraction of sp³-hybridized carbons (Fsp3) is 0.458. The molecule has 0 radical (unpaired) electrons. The van der Waals surface area contributed by atoms with Crippen molar-refractivity contribution in [2.24, 2.45) is 11.0 Å². The summed E-state index contributed by atoms with van der Waals surface area (Å²) in [5.74, 6) is 3.31. The Morgan fingerprint density at radius 3 is 2.48 bits per heavy atom. The van der Waals surface area contributed by atoms with E-state index in [9.17, 15) is 0 Å². The van der Waals surface area contributed by atoms with E-state index in [1.807, 2.05) is 24.3 Å². The van der Waals surface area contributed by atoms with Crippen molar-refractivity contribution in [3.8, 4) is 17.2 Å². The van der Waals surface area contributed by atoms with Gasteiger partial charge in [-0.2, -0.15) is 5.10 Å². The predicted molar refractivity (Wildman–Crippen MR) is 113 cm³/mol. The summed E-state index contributed by atoms with van der Waals surface area (Å²) in [4.78, 5) is 0. The summed E-state index contributed by atoms with van der Waals surface area (Å²) in [6.07, 6.45) is 5.15. The summed E-state index contributed by atoms with van der Waals surface area (Å²) in [6, 6.07) is 14.6. The van der Waals surface area contributed by atoms with E-state index >= 15 is 0 Å². The van der Waals surface area contributed by atoms with Gasteiger partial charge in [-0.1, -0.05) is 19.1 Å². The van der Waals surface area contributed by atoms with Gasteiger partial charge in [0, 0.05) is 24.8 Å². The summed E-state index contributed by atoms with van der Waals surface area (Å²) < 4.78 is 17.7. The first-order chi connectivity index (χ1) is 14.1. The number of ether oxygens (including phenoxy) is 3. The third kappa shape index (κ3) is 2.95. The minimum atomic E-state index is -0.382. The molecule has 3 aliphatic rings. The van der Waals surface area contributed by atoms with Crippen LogP contribution in [0.4, 0.5) is 0 Å². The van der Waals surface area contributed by atoms with Crippen LogP contribution in [-0.2, 0) is 0 Å². The molecule has 1 atom stereocenters. The molecule has 2 aromatic carbocycles. The molecule has 152 valence electrons. The van der Waals surface area contributed by atoms with E-state index in [-0.39, 0.29) is 11.8 Å². The number of hydrazone groups is 1. The molecule has 0 unspecified atom stereocenters. The van der Waals surface area contributed by atoms with E-state index in [4.69, 9.17) is 19.3 Å². The third-order valence-corrected chi connectivity index (χ3v) is 6.69. The Bertz CT molecular complexity index is 930. The molecule has 5 rings (SSSR count). The maximum Gasteiger partial charge on any atom is 0.198 e. The molecule has 1 saturated carbocycles. The van der Waals surface area contributed by atoms with Crippen LogP contribution in [0.25, 0.3) is 0 Å². The van der Waals surface area contributed by atoms with Gasteiger partial charge < -0.3 is 14.2 Å². The first-order valence-corrected chi connectivity index (χ1v) is 10.5. The molecular formula is C24H28N2O3. The minimum absolute atomic E-state index is 0.180. The molecule has 1 aliphatic carbocycles. The maximum atomic E-state index is 6.74. The fourth-order valence-corrected chi connectivity index (χ4v) is 4.93. The van der Waals surface area contributed by atoms with Crippen LogP contribution in [0.5, 0.6) is 17.2 Å². The Labute approximate surface area is 172 Å². The van der Waals surface area contributed by atoms with Crippen LogP contribution in [-0.4, -0.2) is 30.7 Å². The van der Waals surface area contributed by atoms with Crippen molar-refractivity contribution in [2.45, 2.75) is 50.8 Å². The Hall–Kier alpha value is -2.69. The lowest BCUT2D eigenvalue weighted by Gasteiger charge is -2.50. The van der Waals surface area contributed by atoms with Crippen molar-refractivity contribution in [3.05, 3.63) is 53.6 Å². The third-order valence-electron chi connectivity index (χ3n) is 6.69. The van der Waals surface area contributed by atoms with Crippen molar-refractivity contribution >= 4 is 5.71 Å². The second kappa shape index (κ2) is 6.97. The highest BCUT2D eigenvalue weighted by molar-refractivity contribution is 6.02. The Kier molecular flexibility index (Phi) is 4.41. The molecule has 5 nitrogen and oxygen atoms in total. The largest absolute Gasteiger partial charge is 0.497 e. The van der Waals surface area contributed by atoms with Gasteiger partial charge in [0.15, 0.2) is 17.2 Å². The minimum Gasteiger partial charge on any atom is -0.497 e. The lowest BCUT2D eigenvalue weighted by atomic mass is 9.82. The topological polar surface area (TPSA) is 43.3 Å². The molecular weight excluding hydrogens is 364 g/mol. The number of nitrogens with zero attached hydrogens (tertiary/aromatic N) is 2. The number of hydrogen-bond donors (Lipinski definition) is 0. The van der Waals surface area contributed by atoms with Crippen LogP contribution in [0, 0.1) is 5.92 Å². The highest BCUT2D eigenvalue weighted by atomic mass is 16.5. The van der Waals surface area contributed by atoms with Crippen molar-refractivity contribution in [2.75, 3.05) is 14.2 Å².